The number of hydrogen-bond acceptors (Lipinski definition) is 3. The van der Waals surface area contributed by atoms with E-state index >= 15 is 0 Å². The molecule has 2 aromatic rings. The van der Waals surface area contributed by atoms with Gasteiger partial charge in [-0.2, -0.15) is 31.6 Å². The van der Waals surface area contributed by atoms with Gasteiger partial charge in [-0.25, -0.2) is 4.98 Å². The minimum Gasteiger partial charge on any atom is -0.268 e. The Balaban J connectivity index is 2.79. The van der Waals surface area contributed by atoms with Crippen molar-refractivity contribution in [3.63, 3.8) is 0 Å². The molecule has 0 saturated heterocycles. The summed E-state index contributed by atoms with van der Waals surface area (Å²) in [6, 6.07) is 2.31. The average Bonchev–Trinajstić information content (AvgIpc) is 2.47. The van der Waals surface area contributed by atoms with Gasteiger partial charge in [0.2, 0.25) is 0 Å². The number of alkyl halides is 6. The Kier molecular flexibility index (Phi) is 4.89. The van der Waals surface area contributed by atoms with Crippen molar-refractivity contribution >= 4 is 27.5 Å². The van der Waals surface area contributed by atoms with Gasteiger partial charge in [-0.3, -0.25) is 9.36 Å². The molecule has 2 rings (SSSR count). The van der Waals surface area contributed by atoms with E-state index < -0.39 is 49.9 Å². The molecular formula is C13H3BrClF6N3O. The largest absolute Gasteiger partial charge is 0.434 e. The second-order valence-corrected chi connectivity index (χ2v) is 5.74. The Labute approximate surface area is 148 Å². The molecule has 0 radical (unpaired) electrons. The minimum atomic E-state index is -4.93. The Bertz CT molecular complexity index is 945. The van der Waals surface area contributed by atoms with Crippen LogP contribution in [0.25, 0.3) is 5.69 Å². The van der Waals surface area contributed by atoms with E-state index in [1.807, 2.05) is 0 Å². The van der Waals surface area contributed by atoms with Crippen molar-refractivity contribution < 1.29 is 26.3 Å². The summed E-state index contributed by atoms with van der Waals surface area (Å²) in [6.45, 7) is 0. The van der Waals surface area contributed by atoms with E-state index in [9.17, 15) is 31.1 Å². The molecule has 1 aromatic heterocycles. The van der Waals surface area contributed by atoms with Gasteiger partial charge >= 0.3 is 12.4 Å². The van der Waals surface area contributed by atoms with E-state index in [-0.39, 0.29) is 0 Å². The van der Waals surface area contributed by atoms with Gasteiger partial charge in [0.1, 0.15) is 16.9 Å². The predicted octanol–water partition coefficient (Wildman–Crippen LogP) is 4.56. The second kappa shape index (κ2) is 6.34. The smallest absolute Gasteiger partial charge is 0.268 e. The molecule has 0 fully saturated rings. The Morgan fingerprint density at radius 1 is 1.16 bits per heavy atom. The number of rotatable bonds is 1. The molecule has 0 aliphatic heterocycles. The Hall–Kier alpha value is -2.06. The third-order valence-corrected chi connectivity index (χ3v) is 3.94. The fraction of sp³-hybridized carbons (Fsp3) is 0.154. The number of benzene rings is 1. The van der Waals surface area contributed by atoms with Gasteiger partial charge in [0, 0.05) is 0 Å². The molecule has 0 unspecified atom stereocenters. The predicted molar refractivity (Wildman–Crippen MR) is 77.3 cm³/mol. The summed E-state index contributed by atoms with van der Waals surface area (Å²) in [5, 5.41) is 8.38. The lowest BCUT2D eigenvalue weighted by Gasteiger charge is -2.15. The van der Waals surface area contributed by atoms with Crippen LogP contribution in [0.4, 0.5) is 26.3 Å². The highest BCUT2D eigenvalue weighted by molar-refractivity contribution is 9.10. The van der Waals surface area contributed by atoms with Gasteiger partial charge in [-0.1, -0.05) is 11.6 Å². The first kappa shape index (κ1) is 19.3. The van der Waals surface area contributed by atoms with Crippen LogP contribution in [0.5, 0.6) is 0 Å². The lowest BCUT2D eigenvalue weighted by molar-refractivity contribution is -0.142. The van der Waals surface area contributed by atoms with Gasteiger partial charge in [0.15, 0.2) is 5.69 Å². The van der Waals surface area contributed by atoms with E-state index in [0.717, 1.165) is 0 Å². The van der Waals surface area contributed by atoms with Crippen molar-refractivity contribution in [2.45, 2.75) is 12.4 Å². The van der Waals surface area contributed by atoms with Crippen LogP contribution in [0.3, 0.4) is 0 Å². The molecule has 25 heavy (non-hydrogen) atoms. The third-order valence-electron chi connectivity index (χ3n) is 2.94. The molecular weight excluding hydrogens is 444 g/mol. The number of nitrogens with zero attached hydrogens (tertiary/aromatic N) is 3. The van der Waals surface area contributed by atoms with Crippen molar-refractivity contribution in [3.05, 3.63) is 55.1 Å². The van der Waals surface area contributed by atoms with E-state index in [1.54, 1.807) is 0 Å². The van der Waals surface area contributed by atoms with E-state index in [0.29, 0.717) is 23.0 Å². The molecule has 0 saturated carbocycles. The van der Waals surface area contributed by atoms with Crippen LogP contribution in [0.1, 0.15) is 16.8 Å². The summed E-state index contributed by atoms with van der Waals surface area (Å²) in [6.07, 6.45) is -9.30. The summed E-state index contributed by atoms with van der Waals surface area (Å²) < 4.78 is 76.0. The molecule has 1 aromatic carbocycles. The topological polar surface area (TPSA) is 58.7 Å². The van der Waals surface area contributed by atoms with Crippen molar-refractivity contribution in [2.24, 2.45) is 0 Å². The fourth-order valence-electron chi connectivity index (χ4n) is 1.88. The first-order valence-corrected chi connectivity index (χ1v) is 7.20. The highest BCUT2D eigenvalue weighted by atomic mass is 79.9. The average molecular weight is 447 g/mol. The maximum Gasteiger partial charge on any atom is 0.434 e. The van der Waals surface area contributed by atoms with Gasteiger partial charge < -0.3 is 0 Å². The molecule has 4 nitrogen and oxygen atoms in total. The second-order valence-electron chi connectivity index (χ2n) is 4.54. The van der Waals surface area contributed by atoms with Gasteiger partial charge in [0.05, 0.1) is 21.8 Å². The summed E-state index contributed by atoms with van der Waals surface area (Å²) >= 11 is 8.19. The van der Waals surface area contributed by atoms with Crippen LogP contribution in [0.2, 0.25) is 5.02 Å². The maximum absolute atomic E-state index is 12.8. The highest BCUT2D eigenvalue weighted by Crippen LogP contribution is 2.36. The minimum absolute atomic E-state index is 0.430. The van der Waals surface area contributed by atoms with Crippen LogP contribution < -0.4 is 5.56 Å². The quantitative estimate of drug-likeness (QED) is 0.604. The zero-order valence-electron chi connectivity index (χ0n) is 11.5. The standard InChI is InChI=1S/C13H3BrClF6N3O/c14-8-10(13(19,20)21)23-4-24(11(8)25)9-5(3-22)1-6(2-7(9)15)12(16,17)18/h1-2,4H. The molecule has 0 spiro atoms. The number of aromatic nitrogens is 2. The van der Waals surface area contributed by atoms with Gasteiger partial charge in [0.25, 0.3) is 5.56 Å². The lowest BCUT2D eigenvalue weighted by atomic mass is 10.1. The number of halogens is 8. The highest BCUT2D eigenvalue weighted by Gasteiger charge is 2.37. The molecule has 132 valence electrons. The SMILES string of the molecule is N#Cc1cc(C(F)(F)F)cc(Cl)c1-n1cnc(C(F)(F)F)c(Br)c1=O. The fourth-order valence-corrected chi connectivity index (χ4v) is 2.71. The molecule has 0 bridgehead atoms. The molecule has 0 N–H and O–H groups in total. The van der Waals surface area contributed by atoms with Crippen molar-refractivity contribution in [1.29, 1.82) is 5.26 Å². The summed E-state index contributed by atoms with van der Waals surface area (Å²) in [7, 11) is 0. The molecule has 0 amide bonds. The van der Waals surface area contributed by atoms with E-state index in [1.165, 1.54) is 6.07 Å². The Morgan fingerprint density at radius 2 is 1.76 bits per heavy atom. The van der Waals surface area contributed by atoms with Crippen molar-refractivity contribution in [2.75, 3.05) is 0 Å². The monoisotopic (exact) mass is 445 g/mol. The van der Waals surface area contributed by atoms with Crippen LogP contribution in [-0.4, -0.2) is 9.55 Å². The third kappa shape index (κ3) is 3.64. The molecule has 0 atom stereocenters. The molecule has 1 heterocycles. The van der Waals surface area contributed by atoms with Crippen molar-refractivity contribution in [3.8, 4) is 11.8 Å². The van der Waals surface area contributed by atoms with E-state index in [2.05, 4.69) is 20.9 Å². The zero-order valence-corrected chi connectivity index (χ0v) is 13.8. The van der Waals surface area contributed by atoms with Gasteiger partial charge in [-0.05, 0) is 28.1 Å². The molecule has 0 aliphatic rings. The van der Waals surface area contributed by atoms with Crippen LogP contribution in [0, 0.1) is 11.3 Å². The zero-order chi connectivity index (χ0) is 19.2. The summed E-state index contributed by atoms with van der Waals surface area (Å²) in [5.41, 5.74) is -5.22. The Morgan fingerprint density at radius 3 is 2.24 bits per heavy atom. The lowest BCUT2D eigenvalue weighted by Crippen LogP contribution is -2.25. The van der Waals surface area contributed by atoms with Crippen LogP contribution in [0.15, 0.2) is 27.7 Å². The summed E-state index contributed by atoms with van der Waals surface area (Å²) in [5.74, 6) is 0. The maximum atomic E-state index is 12.8. The number of nitriles is 1. The van der Waals surface area contributed by atoms with Gasteiger partial charge in [-0.15, -0.1) is 0 Å². The normalized spacial score (nSPS) is 12.1. The van der Waals surface area contributed by atoms with Crippen LogP contribution in [-0.2, 0) is 12.4 Å². The molecule has 12 heteroatoms. The first-order chi connectivity index (χ1) is 11.4. The van der Waals surface area contributed by atoms with E-state index in [4.69, 9.17) is 16.9 Å². The molecule has 0 aliphatic carbocycles. The summed E-state index contributed by atoms with van der Waals surface area (Å²) in [4.78, 5) is 15.2. The van der Waals surface area contributed by atoms with Crippen molar-refractivity contribution in [1.82, 2.24) is 9.55 Å². The van der Waals surface area contributed by atoms with Crippen LogP contribution >= 0.6 is 27.5 Å². The first-order valence-electron chi connectivity index (χ1n) is 6.03. The number of hydrogen-bond donors (Lipinski definition) is 0.